The molecule has 2 rings (SSSR count). The summed E-state index contributed by atoms with van der Waals surface area (Å²) in [6.07, 6.45) is 4.20. The zero-order chi connectivity index (χ0) is 13.7. The second kappa shape index (κ2) is 6.09. The van der Waals surface area contributed by atoms with E-state index in [9.17, 15) is 9.18 Å². The quantitative estimate of drug-likeness (QED) is 0.775. The monoisotopic (exact) mass is 259 g/mol. The number of nitrogens with zero attached hydrogens (tertiary/aromatic N) is 1. The number of Topliss-reactive ketones (excluding diaryl/α,β-unsaturated/α-hetero) is 1. The first-order valence-electron chi connectivity index (χ1n) is 5.96. The second-order valence-electron chi connectivity index (χ2n) is 4.12. The van der Waals surface area contributed by atoms with Gasteiger partial charge in [0.1, 0.15) is 11.6 Å². The van der Waals surface area contributed by atoms with E-state index in [1.807, 2.05) is 12.1 Å². The van der Waals surface area contributed by atoms with E-state index < -0.39 is 5.82 Å². The maximum atomic E-state index is 13.7. The van der Waals surface area contributed by atoms with Crippen LogP contribution < -0.4 is 4.74 Å². The molecule has 0 bridgehead atoms. The zero-order valence-electron chi connectivity index (χ0n) is 10.6. The van der Waals surface area contributed by atoms with Crippen LogP contribution in [0.1, 0.15) is 22.3 Å². The van der Waals surface area contributed by atoms with Gasteiger partial charge in [-0.25, -0.2) is 4.39 Å². The minimum Gasteiger partial charge on any atom is -0.497 e. The molecule has 0 radical (unpaired) electrons. The predicted molar refractivity (Wildman–Crippen MR) is 69.8 cm³/mol. The lowest BCUT2D eigenvalue weighted by Crippen LogP contribution is -2.04. The zero-order valence-corrected chi connectivity index (χ0v) is 10.6. The molecule has 1 aromatic heterocycles. The molecular formula is C15H14FNO2. The fourth-order valence-corrected chi connectivity index (χ4v) is 1.79. The Kier molecular flexibility index (Phi) is 4.23. The van der Waals surface area contributed by atoms with Gasteiger partial charge in [-0.3, -0.25) is 9.78 Å². The summed E-state index contributed by atoms with van der Waals surface area (Å²) in [5.74, 6) is -0.348. The summed E-state index contributed by atoms with van der Waals surface area (Å²) in [5.41, 5.74) is 1.12. The van der Waals surface area contributed by atoms with E-state index in [1.54, 1.807) is 18.5 Å². The standard InChI is InChI=1S/C15H14FNO2/c1-19-12-3-4-13(14(16)10-12)15(18)5-2-11-6-8-17-9-7-11/h3-4,6-10H,2,5H2,1H3. The molecule has 3 nitrogen and oxygen atoms in total. The normalized spacial score (nSPS) is 10.2. The first-order valence-corrected chi connectivity index (χ1v) is 5.96. The van der Waals surface area contributed by atoms with Crippen LogP contribution in [0, 0.1) is 5.82 Å². The number of halogens is 1. The Morgan fingerprint density at radius 3 is 2.63 bits per heavy atom. The van der Waals surface area contributed by atoms with Crippen molar-refractivity contribution < 1.29 is 13.9 Å². The first-order chi connectivity index (χ1) is 9.20. The van der Waals surface area contributed by atoms with Gasteiger partial charge in [0.2, 0.25) is 0 Å². The highest BCUT2D eigenvalue weighted by Gasteiger charge is 2.12. The molecule has 0 unspecified atom stereocenters. The number of benzene rings is 1. The molecule has 0 fully saturated rings. The number of carbonyl (C=O) groups excluding carboxylic acids is 1. The molecule has 0 saturated heterocycles. The highest BCUT2D eigenvalue weighted by Crippen LogP contribution is 2.18. The highest BCUT2D eigenvalue weighted by molar-refractivity contribution is 5.96. The summed E-state index contributed by atoms with van der Waals surface area (Å²) in [7, 11) is 1.46. The molecule has 0 aliphatic carbocycles. The summed E-state index contributed by atoms with van der Waals surface area (Å²) in [6.45, 7) is 0. The number of rotatable bonds is 5. The molecule has 0 aliphatic rings. The lowest BCUT2D eigenvalue weighted by Gasteiger charge is -2.05. The molecule has 1 heterocycles. The van der Waals surface area contributed by atoms with E-state index in [2.05, 4.69) is 4.98 Å². The van der Waals surface area contributed by atoms with E-state index >= 15 is 0 Å². The number of ketones is 1. The summed E-state index contributed by atoms with van der Waals surface area (Å²) in [6, 6.07) is 7.96. The van der Waals surface area contributed by atoms with Gasteiger partial charge in [0.15, 0.2) is 5.78 Å². The van der Waals surface area contributed by atoms with Gasteiger partial charge in [-0.1, -0.05) is 0 Å². The van der Waals surface area contributed by atoms with Crippen molar-refractivity contribution in [2.24, 2.45) is 0 Å². The van der Waals surface area contributed by atoms with Gasteiger partial charge in [-0.15, -0.1) is 0 Å². The van der Waals surface area contributed by atoms with Gasteiger partial charge in [-0.05, 0) is 36.2 Å². The third-order valence-corrected chi connectivity index (χ3v) is 2.87. The van der Waals surface area contributed by atoms with E-state index in [-0.39, 0.29) is 17.8 Å². The van der Waals surface area contributed by atoms with Crippen molar-refractivity contribution in [3.05, 3.63) is 59.7 Å². The fourth-order valence-electron chi connectivity index (χ4n) is 1.79. The van der Waals surface area contributed by atoms with Gasteiger partial charge < -0.3 is 4.74 Å². The smallest absolute Gasteiger partial charge is 0.166 e. The van der Waals surface area contributed by atoms with Crippen LogP contribution in [0.15, 0.2) is 42.7 Å². The van der Waals surface area contributed by atoms with Crippen molar-refractivity contribution in [3.8, 4) is 5.75 Å². The number of ether oxygens (including phenoxy) is 1. The molecule has 0 atom stereocenters. The Morgan fingerprint density at radius 2 is 2.00 bits per heavy atom. The van der Waals surface area contributed by atoms with Crippen molar-refractivity contribution in [2.45, 2.75) is 12.8 Å². The van der Waals surface area contributed by atoms with Crippen molar-refractivity contribution in [2.75, 3.05) is 7.11 Å². The molecule has 0 N–H and O–H groups in total. The van der Waals surface area contributed by atoms with E-state index in [1.165, 1.54) is 19.2 Å². The molecule has 0 saturated carbocycles. The predicted octanol–water partition coefficient (Wildman–Crippen LogP) is 3.04. The largest absolute Gasteiger partial charge is 0.497 e. The number of carbonyl (C=O) groups is 1. The molecule has 0 amide bonds. The average molecular weight is 259 g/mol. The van der Waals surface area contributed by atoms with Gasteiger partial charge in [0, 0.05) is 24.9 Å². The molecule has 4 heteroatoms. The van der Waals surface area contributed by atoms with Crippen molar-refractivity contribution in [1.29, 1.82) is 0 Å². The van der Waals surface area contributed by atoms with Crippen LogP contribution >= 0.6 is 0 Å². The number of hydrogen-bond donors (Lipinski definition) is 0. The Hall–Kier alpha value is -2.23. The number of methoxy groups -OCH3 is 1. The van der Waals surface area contributed by atoms with Crippen molar-refractivity contribution >= 4 is 5.78 Å². The van der Waals surface area contributed by atoms with Gasteiger partial charge in [-0.2, -0.15) is 0 Å². The highest BCUT2D eigenvalue weighted by atomic mass is 19.1. The topological polar surface area (TPSA) is 39.2 Å². The third kappa shape index (κ3) is 3.37. The van der Waals surface area contributed by atoms with Crippen LogP contribution in [0.2, 0.25) is 0 Å². The summed E-state index contributed by atoms with van der Waals surface area (Å²) in [5, 5.41) is 0. The Labute approximate surface area is 111 Å². The molecule has 98 valence electrons. The van der Waals surface area contributed by atoms with Crippen LogP contribution in [-0.2, 0) is 6.42 Å². The summed E-state index contributed by atoms with van der Waals surface area (Å²) >= 11 is 0. The van der Waals surface area contributed by atoms with E-state index in [0.29, 0.717) is 12.2 Å². The lowest BCUT2D eigenvalue weighted by atomic mass is 10.0. The minimum absolute atomic E-state index is 0.106. The average Bonchev–Trinajstić information content (AvgIpc) is 2.45. The Balaban J connectivity index is 2.04. The van der Waals surface area contributed by atoms with Gasteiger partial charge in [0.05, 0.1) is 12.7 Å². The maximum absolute atomic E-state index is 13.7. The third-order valence-electron chi connectivity index (χ3n) is 2.87. The van der Waals surface area contributed by atoms with Crippen LogP contribution in [0.5, 0.6) is 5.75 Å². The number of aromatic nitrogens is 1. The van der Waals surface area contributed by atoms with Crippen LogP contribution in [0.4, 0.5) is 4.39 Å². The Morgan fingerprint density at radius 1 is 1.26 bits per heavy atom. The minimum atomic E-state index is -0.543. The van der Waals surface area contributed by atoms with Gasteiger partial charge in [0.25, 0.3) is 0 Å². The molecule has 0 aliphatic heterocycles. The molecule has 19 heavy (non-hydrogen) atoms. The van der Waals surface area contributed by atoms with E-state index in [4.69, 9.17) is 4.74 Å². The van der Waals surface area contributed by atoms with Gasteiger partial charge >= 0.3 is 0 Å². The molecular weight excluding hydrogens is 245 g/mol. The van der Waals surface area contributed by atoms with Crippen LogP contribution in [-0.4, -0.2) is 17.9 Å². The summed E-state index contributed by atoms with van der Waals surface area (Å²) in [4.78, 5) is 15.8. The van der Waals surface area contributed by atoms with Crippen LogP contribution in [0.25, 0.3) is 0 Å². The number of aryl methyl sites for hydroxylation is 1. The fraction of sp³-hybridized carbons (Fsp3) is 0.200. The maximum Gasteiger partial charge on any atom is 0.166 e. The second-order valence-corrected chi connectivity index (χ2v) is 4.12. The number of hydrogen-bond acceptors (Lipinski definition) is 3. The number of pyridine rings is 1. The van der Waals surface area contributed by atoms with Crippen molar-refractivity contribution in [3.63, 3.8) is 0 Å². The van der Waals surface area contributed by atoms with E-state index in [0.717, 1.165) is 5.56 Å². The SMILES string of the molecule is COc1ccc(C(=O)CCc2ccncc2)c(F)c1. The van der Waals surface area contributed by atoms with Crippen LogP contribution in [0.3, 0.4) is 0 Å². The summed E-state index contributed by atoms with van der Waals surface area (Å²) < 4.78 is 18.6. The lowest BCUT2D eigenvalue weighted by molar-refractivity contribution is 0.0979. The molecule has 1 aromatic carbocycles. The van der Waals surface area contributed by atoms with Crippen molar-refractivity contribution in [1.82, 2.24) is 4.98 Å². The first kappa shape index (κ1) is 13.2. The molecule has 2 aromatic rings. The molecule has 0 spiro atoms. The Bertz CT molecular complexity index is 570.